The van der Waals surface area contributed by atoms with Crippen molar-refractivity contribution in [1.29, 1.82) is 0 Å². The molecule has 0 aliphatic rings. The zero-order valence-electron chi connectivity index (χ0n) is 15.2. The van der Waals surface area contributed by atoms with E-state index in [9.17, 15) is 18.0 Å². The Morgan fingerprint density at radius 1 is 1.11 bits per heavy atom. The molecule has 0 unspecified atom stereocenters. The summed E-state index contributed by atoms with van der Waals surface area (Å²) in [5.41, 5.74) is 2.82. The van der Waals surface area contributed by atoms with Gasteiger partial charge in [-0.1, -0.05) is 24.3 Å². The van der Waals surface area contributed by atoms with E-state index in [2.05, 4.69) is 15.6 Å². The van der Waals surface area contributed by atoms with Crippen molar-refractivity contribution in [2.45, 2.75) is 26.4 Å². The molecular weight excluding hydrogens is 387 g/mol. The van der Waals surface area contributed by atoms with E-state index in [1.54, 1.807) is 5.38 Å². The molecule has 0 aliphatic heterocycles. The third kappa shape index (κ3) is 4.89. The highest BCUT2D eigenvalue weighted by Gasteiger charge is 2.30. The summed E-state index contributed by atoms with van der Waals surface area (Å²) in [5.74, 6) is -0.201. The topological polar surface area (TPSA) is 54.0 Å². The van der Waals surface area contributed by atoms with Gasteiger partial charge in [0.15, 0.2) is 5.13 Å². The molecule has 0 spiro atoms. The lowest BCUT2D eigenvalue weighted by molar-refractivity contribution is -0.137. The first kappa shape index (κ1) is 19.9. The second-order valence-corrected chi connectivity index (χ2v) is 7.20. The minimum Gasteiger partial charge on any atom is -0.332 e. The van der Waals surface area contributed by atoms with Crippen molar-refractivity contribution >= 4 is 33.8 Å². The lowest BCUT2D eigenvalue weighted by Crippen LogP contribution is -2.16. The van der Waals surface area contributed by atoms with Crippen LogP contribution in [0.3, 0.4) is 0 Å². The summed E-state index contributed by atoms with van der Waals surface area (Å²) >= 11 is 1.23. The fourth-order valence-electron chi connectivity index (χ4n) is 2.70. The molecule has 0 saturated heterocycles. The molecule has 2 N–H and O–H groups in total. The molecule has 4 nitrogen and oxygen atoms in total. The number of hydrogen-bond donors (Lipinski definition) is 2. The number of halogens is 3. The number of hydrogen-bond acceptors (Lipinski definition) is 4. The average molecular weight is 405 g/mol. The van der Waals surface area contributed by atoms with E-state index in [1.165, 1.54) is 23.5 Å². The smallest absolute Gasteiger partial charge is 0.332 e. The largest absolute Gasteiger partial charge is 0.416 e. The highest BCUT2D eigenvalue weighted by atomic mass is 32.1. The fraction of sp³-hybridized carbons (Fsp3) is 0.200. The Hall–Kier alpha value is -2.87. The summed E-state index contributed by atoms with van der Waals surface area (Å²) in [5, 5.41) is 7.88. The molecule has 0 saturated carbocycles. The monoisotopic (exact) mass is 405 g/mol. The van der Waals surface area contributed by atoms with Crippen LogP contribution in [0.15, 0.2) is 47.8 Å². The van der Waals surface area contributed by atoms with E-state index in [-0.39, 0.29) is 18.0 Å². The fourth-order valence-corrected chi connectivity index (χ4v) is 3.43. The molecule has 2 aromatic carbocycles. The Morgan fingerprint density at radius 3 is 2.46 bits per heavy atom. The summed E-state index contributed by atoms with van der Waals surface area (Å²) in [4.78, 5) is 16.6. The summed E-state index contributed by atoms with van der Waals surface area (Å²) in [6.45, 7) is 3.84. The number of aryl methyl sites for hydroxylation is 2. The van der Waals surface area contributed by atoms with Crippen molar-refractivity contribution in [2.24, 2.45) is 0 Å². The summed E-state index contributed by atoms with van der Waals surface area (Å²) in [6, 6.07) is 10.7. The van der Waals surface area contributed by atoms with Gasteiger partial charge in [-0.05, 0) is 43.2 Å². The minimum absolute atomic E-state index is 0.0779. The summed E-state index contributed by atoms with van der Waals surface area (Å²) in [6.07, 6.45) is -4.33. The van der Waals surface area contributed by atoms with Gasteiger partial charge >= 0.3 is 6.18 Å². The number of rotatable bonds is 5. The highest BCUT2D eigenvalue weighted by Crippen LogP contribution is 2.32. The molecule has 1 heterocycles. The molecule has 0 atom stereocenters. The molecule has 146 valence electrons. The van der Waals surface area contributed by atoms with Crippen molar-refractivity contribution in [3.05, 3.63) is 70.2 Å². The highest BCUT2D eigenvalue weighted by molar-refractivity contribution is 7.13. The van der Waals surface area contributed by atoms with Crippen molar-refractivity contribution in [3.63, 3.8) is 0 Å². The molecule has 0 bridgehead atoms. The van der Waals surface area contributed by atoms with Crippen LogP contribution in [0.1, 0.15) is 22.4 Å². The summed E-state index contributed by atoms with van der Waals surface area (Å²) in [7, 11) is 0. The predicted octanol–water partition coefficient (Wildman–Crippen LogP) is 5.70. The minimum atomic E-state index is -4.41. The Labute approximate surface area is 164 Å². The van der Waals surface area contributed by atoms with Gasteiger partial charge in [-0.3, -0.25) is 4.79 Å². The van der Waals surface area contributed by atoms with Crippen LogP contribution in [0.2, 0.25) is 0 Å². The zero-order valence-corrected chi connectivity index (χ0v) is 16.0. The van der Waals surface area contributed by atoms with Gasteiger partial charge in [0.2, 0.25) is 5.91 Å². The molecule has 3 rings (SSSR count). The first-order valence-electron chi connectivity index (χ1n) is 8.47. The van der Waals surface area contributed by atoms with E-state index in [1.807, 2.05) is 32.0 Å². The van der Waals surface area contributed by atoms with E-state index in [0.717, 1.165) is 28.9 Å². The Morgan fingerprint density at radius 2 is 1.79 bits per heavy atom. The Kier molecular flexibility index (Phi) is 5.69. The van der Waals surface area contributed by atoms with E-state index in [0.29, 0.717) is 10.8 Å². The van der Waals surface area contributed by atoms with Crippen LogP contribution < -0.4 is 10.6 Å². The Balaban J connectivity index is 1.65. The van der Waals surface area contributed by atoms with Gasteiger partial charge in [-0.2, -0.15) is 13.2 Å². The van der Waals surface area contributed by atoms with Gasteiger partial charge in [0.1, 0.15) is 0 Å². The quantitative estimate of drug-likeness (QED) is 0.572. The van der Waals surface area contributed by atoms with Crippen LogP contribution >= 0.6 is 11.3 Å². The van der Waals surface area contributed by atoms with E-state index >= 15 is 0 Å². The Bertz CT molecular complexity index is 978. The maximum Gasteiger partial charge on any atom is 0.416 e. The number of nitrogens with one attached hydrogen (secondary N) is 2. The third-order valence-corrected chi connectivity index (χ3v) is 4.89. The second kappa shape index (κ2) is 8.02. The number of carbonyl (C=O) groups is 1. The van der Waals surface area contributed by atoms with Gasteiger partial charge < -0.3 is 10.6 Å². The molecule has 0 fully saturated rings. The molecule has 0 radical (unpaired) electrons. The zero-order chi connectivity index (χ0) is 20.3. The maximum atomic E-state index is 12.8. The number of para-hydroxylation sites is 1. The number of amides is 1. The van der Waals surface area contributed by atoms with Gasteiger partial charge in [0.25, 0.3) is 0 Å². The van der Waals surface area contributed by atoms with Gasteiger partial charge in [0.05, 0.1) is 17.7 Å². The number of anilines is 3. The molecule has 0 aliphatic carbocycles. The molecule has 8 heteroatoms. The lowest BCUT2D eigenvalue weighted by Gasteiger charge is -2.10. The van der Waals surface area contributed by atoms with E-state index < -0.39 is 11.7 Å². The SMILES string of the molecule is Cc1cccc(C)c1NC(=O)Cc1csc(Nc2cccc(C(F)(F)F)c2)n1. The van der Waals surface area contributed by atoms with Crippen LogP contribution in [-0.4, -0.2) is 10.9 Å². The van der Waals surface area contributed by atoms with Crippen molar-refractivity contribution in [2.75, 3.05) is 10.6 Å². The normalized spacial score (nSPS) is 11.3. The summed E-state index contributed by atoms with van der Waals surface area (Å²) < 4.78 is 38.4. The molecule has 3 aromatic rings. The van der Waals surface area contributed by atoms with Crippen LogP contribution in [0.5, 0.6) is 0 Å². The number of carbonyl (C=O) groups excluding carboxylic acids is 1. The maximum absolute atomic E-state index is 12.8. The standard InChI is InChI=1S/C20H18F3N3OS/c1-12-5-3-6-13(2)18(12)26-17(27)10-16-11-28-19(25-16)24-15-8-4-7-14(9-15)20(21,22)23/h3-9,11H,10H2,1-2H3,(H,24,25)(H,26,27). The number of nitrogens with zero attached hydrogens (tertiary/aromatic N) is 1. The van der Waals surface area contributed by atoms with Crippen LogP contribution in [0.25, 0.3) is 0 Å². The second-order valence-electron chi connectivity index (χ2n) is 6.34. The van der Waals surface area contributed by atoms with Crippen LogP contribution in [0, 0.1) is 13.8 Å². The number of thiazole rings is 1. The molecular formula is C20H18F3N3OS. The first-order valence-corrected chi connectivity index (χ1v) is 9.35. The third-order valence-electron chi connectivity index (χ3n) is 4.08. The predicted molar refractivity (Wildman–Crippen MR) is 105 cm³/mol. The molecule has 1 aromatic heterocycles. The molecule has 28 heavy (non-hydrogen) atoms. The average Bonchev–Trinajstić information content (AvgIpc) is 3.04. The van der Waals surface area contributed by atoms with Crippen molar-refractivity contribution < 1.29 is 18.0 Å². The van der Waals surface area contributed by atoms with Crippen molar-refractivity contribution in [1.82, 2.24) is 4.98 Å². The number of benzene rings is 2. The van der Waals surface area contributed by atoms with Crippen molar-refractivity contribution in [3.8, 4) is 0 Å². The first-order chi connectivity index (χ1) is 13.2. The molecule has 1 amide bonds. The van der Waals surface area contributed by atoms with E-state index in [4.69, 9.17) is 0 Å². The van der Waals surface area contributed by atoms with Crippen LogP contribution in [-0.2, 0) is 17.4 Å². The van der Waals surface area contributed by atoms with Crippen LogP contribution in [0.4, 0.5) is 29.7 Å². The number of alkyl halides is 3. The van der Waals surface area contributed by atoms with Gasteiger partial charge in [-0.25, -0.2) is 4.98 Å². The van der Waals surface area contributed by atoms with Gasteiger partial charge in [0, 0.05) is 16.8 Å². The number of aromatic nitrogens is 1. The lowest BCUT2D eigenvalue weighted by atomic mass is 10.1. The van der Waals surface area contributed by atoms with Gasteiger partial charge in [-0.15, -0.1) is 11.3 Å².